The highest BCUT2D eigenvalue weighted by atomic mass is 32.2. The molecule has 0 atom stereocenters. The van der Waals surface area contributed by atoms with E-state index in [-0.39, 0.29) is 24.0 Å². The first-order valence-corrected chi connectivity index (χ1v) is 10.5. The van der Waals surface area contributed by atoms with E-state index in [4.69, 9.17) is 0 Å². The van der Waals surface area contributed by atoms with E-state index in [2.05, 4.69) is 5.32 Å². The number of carbonyl (C=O) groups is 1. The van der Waals surface area contributed by atoms with E-state index in [0.717, 1.165) is 16.0 Å². The second-order valence-corrected chi connectivity index (χ2v) is 7.31. The zero-order valence-corrected chi connectivity index (χ0v) is 17.7. The number of benzene rings is 3. The minimum absolute atomic E-state index is 0.188. The van der Waals surface area contributed by atoms with Gasteiger partial charge < -0.3 is 5.32 Å². The van der Waals surface area contributed by atoms with Gasteiger partial charge in [0.1, 0.15) is 11.6 Å². The molecule has 0 aliphatic rings. The van der Waals surface area contributed by atoms with Crippen molar-refractivity contribution in [2.45, 2.75) is 37.8 Å². The number of hydrogen-bond acceptors (Lipinski definition) is 2. The van der Waals surface area contributed by atoms with Gasteiger partial charge in [-0.25, -0.2) is 8.78 Å². The summed E-state index contributed by atoms with van der Waals surface area (Å²) in [5.74, 6) is -0.435. The number of amides is 1. The van der Waals surface area contributed by atoms with Crippen LogP contribution in [0.4, 0.5) is 14.5 Å². The average Bonchev–Trinajstić information content (AvgIpc) is 2.72. The van der Waals surface area contributed by atoms with E-state index in [1.54, 1.807) is 24.3 Å². The van der Waals surface area contributed by atoms with E-state index in [0.29, 0.717) is 17.0 Å². The number of carbonyl (C=O) groups excluding carboxylic acids is 1. The lowest BCUT2D eigenvalue weighted by Crippen LogP contribution is -2.14. The first-order chi connectivity index (χ1) is 14.0. The van der Waals surface area contributed by atoms with Gasteiger partial charge in [0.15, 0.2) is 0 Å². The Labute approximate surface area is 175 Å². The Bertz CT molecular complexity index is 925. The Kier molecular flexibility index (Phi) is 8.87. The minimum atomic E-state index is -0.377. The van der Waals surface area contributed by atoms with E-state index in [9.17, 15) is 13.6 Å². The summed E-state index contributed by atoms with van der Waals surface area (Å²) in [5.41, 5.74) is 3.00. The summed E-state index contributed by atoms with van der Waals surface area (Å²) in [5, 5.41) is 2.73. The topological polar surface area (TPSA) is 29.1 Å². The molecule has 1 amide bonds. The zero-order chi connectivity index (χ0) is 21.2. The first-order valence-electron chi connectivity index (χ1n) is 9.52. The molecule has 0 bridgehead atoms. The van der Waals surface area contributed by atoms with Crippen LogP contribution in [0.25, 0.3) is 0 Å². The molecule has 0 heterocycles. The van der Waals surface area contributed by atoms with Gasteiger partial charge in [0.05, 0.1) is 6.42 Å². The lowest BCUT2D eigenvalue weighted by atomic mass is 10.1. The van der Waals surface area contributed by atoms with Crippen LogP contribution in [0.2, 0.25) is 0 Å². The van der Waals surface area contributed by atoms with Crippen molar-refractivity contribution in [3.05, 3.63) is 95.1 Å². The molecule has 3 aromatic carbocycles. The minimum Gasteiger partial charge on any atom is -0.326 e. The van der Waals surface area contributed by atoms with Crippen molar-refractivity contribution in [1.29, 1.82) is 0 Å². The molecule has 152 valence electrons. The number of halogens is 2. The summed E-state index contributed by atoms with van der Waals surface area (Å²) in [6, 6.07) is 18.5. The largest absolute Gasteiger partial charge is 0.326 e. The van der Waals surface area contributed by atoms with Crippen molar-refractivity contribution in [3.63, 3.8) is 0 Å². The number of aryl methyl sites for hydroxylation is 1. The van der Waals surface area contributed by atoms with Crippen LogP contribution >= 0.6 is 11.8 Å². The molecular formula is C24H25F2NOS. The fraction of sp³-hybridized carbons (Fsp3) is 0.208. The summed E-state index contributed by atoms with van der Waals surface area (Å²) in [6.45, 7) is 5.99. The van der Waals surface area contributed by atoms with Gasteiger partial charge in [-0.2, -0.15) is 0 Å². The SMILES string of the molecule is CC.Cc1ccc(CC(=O)Nc2ccc(CSc3ccc(F)cc3)c(F)c2)cc1. The zero-order valence-electron chi connectivity index (χ0n) is 16.8. The molecule has 0 unspecified atom stereocenters. The first kappa shape index (κ1) is 22.6. The maximum absolute atomic E-state index is 14.3. The lowest BCUT2D eigenvalue weighted by Gasteiger charge is -2.09. The second kappa shape index (κ2) is 11.4. The maximum atomic E-state index is 14.3. The van der Waals surface area contributed by atoms with Gasteiger partial charge in [0.25, 0.3) is 0 Å². The average molecular weight is 414 g/mol. The Morgan fingerprint density at radius 2 is 1.59 bits per heavy atom. The van der Waals surface area contributed by atoms with E-state index < -0.39 is 0 Å². The summed E-state index contributed by atoms with van der Waals surface area (Å²) in [6.07, 6.45) is 0.240. The van der Waals surface area contributed by atoms with Gasteiger partial charge in [0, 0.05) is 16.3 Å². The van der Waals surface area contributed by atoms with Crippen molar-refractivity contribution in [2.24, 2.45) is 0 Å². The molecule has 0 saturated carbocycles. The Hall–Kier alpha value is -2.66. The van der Waals surface area contributed by atoms with Crippen LogP contribution in [0.1, 0.15) is 30.5 Å². The summed E-state index contributed by atoms with van der Waals surface area (Å²) in [7, 11) is 0. The summed E-state index contributed by atoms with van der Waals surface area (Å²) >= 11 is 1.43. The molecule has 29 heavy (non-hydrogen) atoms. The molecule has 3 rings (SSSR count). The van der Waals surface area contributed by atoms with Gasteiger partial charge >= 0.3 is 0 Å². The molecule has 0 fully saturated rings. The van der Waals surface area contributed by atoms with Crippen LogP contribution in [-0.4, -0.2) is 5.91 Å². The third-order valence-electron chi connectivity index (χ3n) is 4.03. The highest BCUT2D eigenvalue weighted by Gasteiger charge is 2.08. The molecule has 2 nitrogen and oxygen atoms in total. The number of anilines is 1. The van der Waals surface area contributed by atoms with Gasteiger partial charge in [0.2, 0.25) is 5.91 Å². The van der Waals surface area contributed by atoms with Gasteiger partial charge in [-0.1, -0.05) is 49.7 Å². The van der Waals surface area contributed by atoms with Crippen LogP contribution in [0, 0.1) is 18.6 Å². The Morgan fingerprint density at radius 1 is 0.931 bits per heavy atom. The summed E-state index contributed by atoms with van der Waals surface area (Å²) < 4.78 is 27.2. The highest BCUT2D eigenvalue weighted by molar-refractivity contribution is 7.98. The van der Waals surface area contributed by atoms with Crippen molar-refractivity contribution in [2.75, 3.05) is 5.32 Å². The fourth-order valence-corrected chi connectivity index (χ4v) is 3.42. The van der Waals surface area contributed by atoms with E-state index >= 15 is 0 Å². The molecule has 5 heteroatoms. The van der Waals surface area contributed by atoms with Crippen LogP contribution in [-0.2, 0) is 17.0 Å². The number of rotatable bonds is 6. The lowest BCUT2D eigenvalue weighted by molar-refractivity contribution is -0.115. The van der Waals surface area contributed by atoms with Crippen LogP contribution in [0.5, 0.6) is 0 Å². The third-order valence-corrected chi connectivity index (χ3v) is 5.09. The molecule has 3 aromatic rings. The van der Waals surface area contributed by atoms with Gasteiger partial charge in [-0.15, -0.1) is 11.8 Å². The Morgan fingerprint density at radius 3 is 2.21 bits per heavy atom. The summed E-state index contributed by atoms with van der Waals surface area (Å²) in [4.78, 5) is 13.0. The Balaban J connectivity index is 0.00000145. The molecule has 1 N–H and O–H groups in total. The molecule has 0 radical (unpaired) electrons. The fourth-order valence-electron chi connectivity index (χ4n) is 2.53. The number of nitrogens with one attached hydrogen (secondary N) is 1. The standard InChI is InChI=1S/C22H19F2NOS.C2H6/c1-15-2-4-16(5-3-15)12-22(26)25-19-9-6-17(21(24)13-19)14-27-20-10-7-18(23)8-11-20;1-2/h2-11,13H,12,14H2,1H3,(H,25,26);1-2H3. The third kappa shape index (κ3) is 7.35. The van der Waals surface area contributed by atoms with Crippen molar-refractivity contribution < 1.29 is 13.6 Å². The monoisotopic (exact) mass is 413 g/mol. The van der Waals surface area contributed by atoms with Gasteiger partial charge in [-0.3, -0.25) is 4.79 Å². The van der Waals surface area contributed by atoms with Gasteiger partial charge in [-0.05, 0) is 54.4 Å². The quantitative estimate of drug-likeness (QED) is 0.452. The molecule has 0 saturated heterocycles. The van der Waals surface area contributed by atoms with E-state index in [1.807, 2.05) is 45.0 Å². The van der Waals surface area contributed by atoms with Crippen molar-refractivity contribution in [1.82, 2.24) is 0 Å². The smallest absolute Gasteiger partial charge is 0.228 e. The maximum Gasteiger partial charge on any atom is 0.228 e. The molecular weight excluding hydrogens is 388 g/mol. The van der Waals surface area contributed by atoms with Crippen molar-refractivity contribution in [3.8, 4) is 0 Å². The normalized spacial score (nSPS) is 10.1. The number of thioether (sulfide) groups is 1. The molecule has 0 aliphatic carbocycles. The van der Waals surface area contributed by atoms with E-state index in [1.165, 1.54) is 30.0 Å². The second-order valence-electron chi connectivity index (χ2n) is 6.26. The van der Waals surface area contributed by atoms with Crippen LogP contribution < -0.4 is 5.32 Å². The number of hydrogen-bond donors (Lipinski definition) is 1. The van der Waals surface area contributed by atoms with Crippen molar-refractivity contribution >= 4 is 23.4 Å². The molecule has 0 aromatic heterocycles. The molecule has 0 spiro atoms. The highest BCUT2D eigenvalue weighted by Crippen LogP contribution is 2.25. The predicted molar refractivity (Wildman–Crippen MR) is 117 cm³/mol. The van der Waals surface area contributed by atoms with Crippen LogP contribution in [0.3, 0.4) is 0 Å². The predicted octanol–water partition coefficient (Wildman–Crippen LogP) is 6.77. The molecule has 0 aliphatic heterocycles. The van der Waals surface area contributed by atoms with Crippen LogP contribution in [0.15, 0.2) is 71.6 Å².